The van der Waals surface area contributed by atoms with Gasteiger partial charge in [-0.2, -0.15) is 0 Å². The van der Waals surface area contributed by atoms with E-state index in [2.05, 4.69) is 10.6 Å². The summed E-state index contributed by atoms with van der Waals surface area (Å²) in [5.74, 6) is -3.59. The average molecular weight is 430 g/mol. The van der Waals surface area contributed by atoms with Gasteiger partial charge in [0.2, 0.25) is 17.7 Å². The molecule has 2 heterocycles. The van der Waals surface area contributed by atoms with E-state index in [-0.39, 0.29) is 25.3 Å². The Hall–Kier alpha value is -2.34. The van der Waals surface area contributed by atoms with Crippen molar-refractivity contribution < 1.29 is 34.2 Å². The van der Waals surface area contributed by atoms with Gasteiger partial charge in [-0.1, -0.05) is 6.42 Å². The van der Waals surface area contributed by atoms with Crippen molar-refractivity contribution in [1.29, 1.82) is 0 Å². The molecule has 6 N–H and O–H groups in total. The Morgan fingerprint density at radius 3 is 2.41 bits per heavy atom. The molecular formula is C17H26N4O7S. The number of carbonyl (C=O) groups is 5. The van der Waals surface area contributed by atoms with E-state index in [1.807, 2.05) is 0 Å². The first-order valence-corrected chi connectivity index (χ1v) is 10.1. The predicted molar refractivity (Wildman–Crippen MR) is 103 cm³/mol. The summed E-state index contributed by atoms with van der Waals surface area (Å²) in [4.78, 5) is 59.6. The molecule has 2 fully saturated rings. The highest BCUT2D eigenvalue weighted by Gasteiger charge is 2.64. The van der Waals surface area contributed by atoms with Gasteiger partial charge in [-0.25, -0.2) is 9.59 Å². The van der Waals surface area contributed by atoms with E-state index in [4.69, 9.17) is 10.8 Å². The minimum absolute atomic E-state index is 0.0874. The van der Waals surface area contributed by atoms with Crippen molar-refractivity contribution in [1.82, 2.24) is 15.5 Å². The largest absolute Gasteiger partial charge is 0.480 e. The summed E-state index contributed by atoms with van der Waals surface area (Å²) in [5, 5.41) is 23.0. The van der Waals surface area contributed by atoms with E-state index in [1.165, 1.54) is 16.7 Å². The van der Waals surface area contributed by atoms with Crippen LogP contribution in [0.4, 0.5) is 0 Å². The van der Waals surface area contributed by atoms with Crippen LogP contribution < -0.4 is 16.4 Å². The molecule has 4 unspecified atom stereocenters. The zero-order chi connectivity index (χ0) is 21.9. The molecule has 0 aliphatic carbocycles. The van der Waals surface area contributed by atoms with Gasteiger partial charge in [-0.3, -0.25) is 14.4 Å². The lowest BCUT2D eigenvalue weighted by Gasteiger charge is -2.43. The number of carboxylic acids is 2. The van der Waals surface area contributed by atoms with Gasteiger partial charge in [0, 0.05) is 11.2 Å². The van der Waals surface area contributed by atoms with Crippen LogP contribution in [-0.4, -0.2) is 79.6 Å². The quantitative estimate of drug-likeness (QED) is 0.208. The fourth-order valence-electron chi connectivity index (χ4n) is 3.54. The predicted octanol–water partition coefficient (Wildman–Crippen LogP) is -1.29. The van der Waals surface area contributed by atoms with E-state index < -0.39 is 52.0 Å². The Balaban J connectivity index is 1.78. The molecule has 3 amide bonds. The van der Waals surface area contributed by atoms with Crippen molar-refractivity contribution in [3.05, 3.63) is 0 Å². The molecule has 2 rings (SSSR count). The number of carboxylic acid groups (broad SMARTS) is 2. The zero-order valence-corrected chi connectivity index (χ0v) is 17.0. The summed E-state index contributed by atoms with van der Waals surface area (Å²) in [6, 6.07) is -2.76. The highest BCUT2D eigenvalue weighted by molar-refractivity contribution is 8.01. The SMILES string of the molecule is CC1(C)SC2C(NC(=O)CCCCC(NC(=O)CN)C(=O)O)C(=O)N2C1C(=O)O. The van der Waals surface area contributed by atoms with E-state index in [0.29, 0.717) is 12.8 Å². The van der Waals surface area contributed by atoms with E-state index in [0.717, 1.165) is 0 Å². The normalized spacial score (nSPS) is 25.6. The number of hydrogen-bond acceptors (Lipinski definition) is 7. The molecule has 4 atom stereocenters. The second-order valence-electron chi connectivity index (χ2n) is 7.55. The van der Waals surface area contributed by atoms with Crippen LogP contribution in [0, 0.1) is 0 Å². The standard InChI is InChI=1S/C17H26N4O7S/c1-17(2)12(16(27)28)21-13(24)11(14(21)29-17)20-9(22)6-4-3-5-8(15(25)26)19-10(23)7-18/h8,11-12,14H,3-7,18H2,1-2H3,(H,19,23)(H,20,22)(H,25,26)(H,27,28). The number of aliphatic carboxylic acids is 2. The number of thioether (sulfide) groups is 1. The molecule has 29 heavy (non-hydrogen) atoms. The number of β-lactam (4-membered cyclic amide) rings is 1. The first kappa shape index (κ1) is 22.9. The molecule has 11 nitrogen and oxygen atoms in total. The molecule has 12 heteroatoms. The molecule has 0 radical (unpaired) electrons. The van der Waals surface area contributed by atoms with Gasteiger partial charge in [0.1, 0.15) is 23.5 Å². The highest BCUT2D eigenvalue weighted by atomic mass is 32.2. The molecule has 2 aliphatic rings. The monoisotopic (exact) mass is 430 g/mol. The second kappa shape index (κ2) is 8.99. The van der Waals surface area contributed by atoms with E-state index in [1.54, 1.807) is 13.8 Å². The van der Waals surface area contributed by atoms with Gasteiger partial charge < -0.3 is 31.5 Å². The Bertz CT molecular complexity index is 714. The van der Waals surface area contributed by atoms with Gasteiger partial charge >= 0.3 is 11.9 Å². The van der Waals surface area contributed by atoms with Crippen LogP contribution in [0.3, 0.4) is 0 Å². The average Bonchev–Trinajstić information content (AvgIpc) is 2.89. The molecular weight excluding hydrogens is 404 g/mol. The molecule has 2 saturated heterocycles. The summed E-state index contributed by atoms with van der Waals surface area (Å²) < 4.78 is -0.661. The third kappa shape index (κ3) is 4.99. The van der Waals surface area contributed by atoms with Gasteiger partial charge in [-0.15, -0.1) is 11.8 Å². The van der Waals surface area contributed by atoms with Crippen molar-refractivity contribution in [2.75, 3.05) is 6.54 Å². The fourth-order valence-corrected chi connectivity index (χ4v) is 5.16. The van der Waals surface area contributed by atoms with Crippen LogP contribution in [0.2, 0.25) is 0 Å². The number of nitrogens with two attached hydrogens (primary N) is 1. The molecule has 162 valence electrons. The molecule has 0 aromatic heterocycles. The number of hydrogen-bond donors (Lipinski definition) is 5. The highest BCUT2D eigenvalue weighted by Crippen LogP contribution is 2.50. The molecule has 0 aromatic rings. The summed E-state index contributed by atoms with van der Waals surface area (Å²) in [5.41, 5.74) is 5.15. The third-order valence-electron chi connectivity index (χ3n) is 4.96. The zero-order valence-electron chi connectivity index (χ0n) is 16.2. The number of carbonyl (C=O) groups excluding carboxylic acids is 3. The summed E-state index contributed by atoms with van der Waals surface area (Å²) in [7, 11) is 0. The van der Waals surface area contributed by atoms with Crippen LogP contribution in [0.15, 0.2) is 0 Å². The second-order valence-corrected chi connectivity index (χ2v) is 9.32. The number of amides is 3. The Morgan fingerprint density at radius 2 is 1.86 bits per heavy atom. The summed E-state index contributed by atoms with van der Waals surface area (Å²) in [6.07, 6.45) is 0.994. The molecule has 0 bridgehead atoms. The molecule has 0 saturated carbocycles. The maximum atomic E-state index is 12.3. The molecule has 0 spiro atoms. The topological polar surface area (TPSA) is 179 Å². The van der Waals surface area contributed by atoms with Crippen LogP contribution in [0.1, 0.15) is 39.5 Å². The number of rotatable bonds is 10. The number of unbranched alkanes of at least 4 members (excludes halogenated alkanes) is 1. The lowest BCUT2D eigenvalue weighted by atomic mass is 9.96. The van der Waals surface area contributed by atoms with Gasteiger partial charge in [0.05, 0.1) is 6.54 Å². The Morgan fingerprint density at radius 1 is 1.21 bits per heavy atom. The molecule has 2 aliphatic heterocycles. The maximum absolute atomic E-state index is 12.3. The van der Waals surface area contributed by atoms with Crippen molar-refractivity contribution in [3.8, 4) is 0 Å². The van der Waals surface area contributed by atoms with E-state index >= 15 is 0 Å². The van der Waals surface area contributed by atoms with Crippen molar-refractivity contribution in [3.63, 3.8) is 0 Å². The van der Waals surface area contributed by atoms with Crippen LogP contribution >= 0.6 is 11.8 Å². The smallest absolute Gasteiger partial charge is 0.327 e. The van der Waals surface area contributed by atoms with Gasteiger partial charge in [-0.05, 0) is 26.7 Å². The van der Waals surface area contributed by atoms with E-state index in [9.17, 15) is 29.1 Å². The first-order chi connectivity index (χ1) is 13.5. The Kier molecular flexibility index (Phi) is 7.11. The van der Waals surface area contributed by atoms with Crippen LogP contribution in [0.25, 0.3) is 0 Å². The lowest BCUT2D eigenvalue weighted by Crippen LogP contribution is -2.70. The number of nitrogens with zero attached hydrogens (tertiary/aromatic N) is 1. The summed E-state index contributed by atoms with van der Waals surface area (Å²) >= 11 is 1.34. The van der Waals surface area contributed by atoms with Crippen molar-refractivity contribution in [2.24, 2.45) is 5.73 Å². The lowest BCUT2D eigenvalue weighted by molar-refractivity contribution is -0.161. The van der Waals surface area contributed by atoms with Gasteiger partial charge in [0.15, 0.2) is 0 Å². The Labute approximate surface area is 171 Å². The fraction of sp³-hybridized carbons (Fsp3) is 0.706. The maximum Gasteiger partial charge on any atom is 0.327 e. The number of fused-ring (bicyclic) bond motifs is 1. The van der Waals surface area contributed by atoms with Crippen molar-refractivity contribution >= 4 is 41.4 Å². The minimum Gasteiger partial charge on any atom is -0.480 e. The van der Waals surface area contributed by atoms with Crippen LogP contribution in [-0.2, 0) is 24.0 Å². The third-order valence-corrected chi connectivity index (χ3v) is 6.53. The van der Waals surface area contributed by atoms with Crippen molar-refractivity contribution in [2.45, 2.75) is 67.8 Å². The van der Waals surface area contributed by atoms with Crippen LogP contribution in [0.5, 0.6) is 0 Å². The number of nitrogens with one attached hydrogen (secondary N) is 2. The summed E-state index contributed by atoms with van der Waals surface area (Å²) in [6.45, 7) is 3.20. The minimum atomic E-state index is -1.18. The first-order valence-electron chi connectivity index (χ1n) is 9.24. The van der Waals surface area contributed by atoms with Gasteiger partial charge in [0.25, 0.3) is 0 Å². The molecule has 0 aromatic carbocycles.